The highest BCUT2D eigenvalue weighted by Crippen LogP contribution is 2.30. The highest BCUT2D eigenvalue weighted by molar-refractivity contribution is 7.90. The molecule has 0 saturated carbocycles. The van der Waals surface area contributed by atoms with E-state index in [1.54, 1.807) is 6.07 Å². The number of amides is 1. The van der Waals surface area contributed by atoms with E-state index in [4.69, 9.17) is 0 Å². The minimum Gasteiger partial charge on any atom is -0.345 e. The summed E-state index contributed by atoms with van der Waals surface area (Å²) in [7, 11) is -3.34. The summed E-state index contributed by atoms with van der Waals surface area (Å²) < 4.78 is 23.5. The largest absolute Gasteiger partial charge is 0.345 e. The van der Waals surface area contributed by atoms with Crippen LogP contribution in [0.25, 0.3) is 0 Å². The van der Waals surface area contributed by atoms with Crippen molar-refractivity contribution in [2.75, 3.05) is 6.26 Å². The number of hydrogen-bond acceptors (Lipinski definition) is 3. The number of sulfone groups is 1. The Kier molecular flexibility index (Phi) is 4.45. The van der Waals surface area contributed by atoms with E-state index >= 15 is 0 Å². The van der Waals surface area contributed by atoms with Gasteiger partial charge in [-0.05, 0) is 55.0 Å². The summed E-state index contributed by atoms with van der Waals surface area (Å²) in [6.45, 7) is 1.82. The number of hydrogen-bond donors (Lipinski definition) is 1. The van der Waals surface area contributed by atoms with Crippen LogP contribution in [0.4, 0.5) is 0 Å². The molecule has 0 aromatic heterocycles. The maximum Gasteiger partial charge on any atom is 0.252 e. The Morgan fingerprint density at radius 3 is 2.67 bits per heavy atom. The van der Waals surface area contributed by atoms with Crippen LogP contribution in [0.2, 0.25) is 0 Å². The van der Waals surface area contributed by atoms with Crippen molar-refractivity contribution < 1.29 is 13.2 Å². The topological polar surface area (TPSA) is 63.2 Å². The summed E-state index contributed by atoms with van der Waals surface area (Å²) in [4.78, 5) is 12.9. The summed E-state index contributed by atoms with van der Waals surface area (Å²) >= 11 is 0. The van der Waals surface area contributed by atoms with Gasteiger partial charge in [0.2, 0.25) is 0 Å². The van der Waals surface area contributed by atoms with Crippen molar-refractivity contribution in [1.82, 2.24) is 5.32 Å². The zero-order valence-electron chi connectivity index (χ0n) is 13.9. The van der Waals surface area contributed by atoms with Crippen molar-refractivity contribution in [3.63, 3.8) is 0 Å². The molecule has 1 N–H and O–H groups in total. The fourth-order valence-corrected chi connectivity index (χ4v) is 3.86. The second kappa shape index (κ2) is 6.40. The lowest BCUT2D eigenvalue weighted by Crippen LogP contribution is -2.31. The molecular formula is C19H21NO3S. The van der Waals surface area contributed by atoms with E-state index < -0.39 is 9.84 Å². The Labute approximate surface area is 142 Å². The average Bonchev–Trinajstić information content (AvgIpc) is 2.54. The Morgan fingerprint density at radius 2 is 1.92 bits per heavy atom. The van der Waals surface area contributed by atoms with Gasteiger partial charge >= 0.3 is 0 Å². The maximum absolute atomic E-state index is 12.7. The molecule has 0 saturated heterocycles. The van der Waals surface area contributed by atoms with E-state index in [0.29, 0.717) is 5.56 Å². The third kappa shape index (κ3) is 3.36. The number of aryl methyl sites for hydroxylation is 2. The number of nitrogens with one attached hydrogen (secondary N) is 1. The summed E-state index contributed by atoms with van der Waals surface area (Å²) in [5, 5.41) is 3.08. The monoisotopic (exact) mass is 343 g/mol. The van der Waals surface area contributed by atoms with Gasteiger partial charge in [-0.15, -0.1) is 0 Å². The minimum absolute atomic E-state index is 0.0243. The van der Waals surface area contributed by atoms with Crippen molar-refractivity contribution in [3.05, 3.63) is 64.7 Å². The van der Waals surface area contributed by atoms with Crippen LogP contribution in [0.1, 0.15) is 45.9 Å². The van der Waals surface area contributed by atoms with Gasteiger partial charge in [0.15, 0.2) is 9.84 Å². The normalized spacial score (nSPS) is 17.2. The molecule has 4 nitrogen and oxygen atoms in total. The van der Waals surface area contributed by atoms with Crippen LogP contribution < -0.4 is 5.32 Å². The molecular weight excluding hydrogens is 322 g/mol. The molecule has 0 aliphatic heterocycles. The van der Waals surface area contributed by atoms with Crippen molar-refractivity contribution >= 4 is 15.7 Å². The first kappa shape index (κ1) is 16.7. The minimum atomic E-state index is -3.34. The predicted octanol–water partition coefficient (Wildman–Crippen LogP) is 3.21. The predicted molar refractivity (Wildman–Crippen MR) is 93.9 cm³/mol. The van der Waals surface area contributed by atoms with Gasteiger partial charge in [0, 0.05) is 11.8 Å². The Morgan fingerprint density at radius 1 is 1.17 bits per heavy atom. The molecule has 1 atom stereocenters. The van der Waals surface area contributed by atoms with Crippen LogP contribution in [0, 0.1) is 6.92 Å². The van der Waals surface area contributed by atoms with E-state index in [9.17, 15) is 13.2 Å². The first-order chi connectivity index (χ1) is 11.4. The summed E-state index contributed by atoms with van der Waals surface area (Å²) in [6.07, 6.45) is 4.11. The van der Waals surface area contributed by atoms with Crippen LogP contribution in [0.3, 0.4) is 0 Å². The smallest absolute Gasteiger partial charge is 0.252 e. The number of carbonyl (C=O) groups is 1. The van der Waals surface area contributed by atoms with Crippen molar-refractivity contribution in [1.29, 1.82) is 0 Å². The molecule has 0 unspecified atom stereocenters. The van der Waals surface area contributed by atoms with Crippen molar-refractivity contribution in [2.24, 2.45) is 0 Å². The number of rotatable bonds is 3. The average molecular weight is 343 g/mol. The molecule has 1 amide bonds. The molecule has 0 fully saturated rings. The lowest BCUT2D eigenvalue weighted by Gasteiger charge is -2.26. The summed E-state index contributed by atoms with van der Waals surface area (Å²) in [6, 6.07) is 12.8. The number of fused-ring (bicyclic) bond motifs is 1. The fraction of sp³-hybridized carbons (Fsp3) is 0.316. The first-order valence-corrected chi connectivity index (χ1v) is 9.95. The molecule has 2 aromatic carbocycles. The molecule has 2 aromatic rings. The van der Waals surface area contributed by atoms with Crippen LogP contribution in [-0.2, 0) is 16.3 Å². The zero-order chi connectivity index (χ0) is 17.3. The Hall–Kier alpha value is -2.14. The maximum atomic E-state index is 12.7. The lowest BCUT2D eigenvalue weighted by molar-refractivity contribution is 0.0932. The molecule has 0 bridgehead atoms. The summed E-state index contributed by atoms with van der Waals surface area (Å²) in [5.74, 6) is -0.222. The quantitative estimate of drug-likeness (QED) is 0.931. The van der Waals surface area contributed by atoms with Gasteiger partial charge in [-0.2, -0.15) is 0 Å². The Balaban J connectivity index is 1.89. The lowest BCUT2D eigenvalue weighted by atomic mass is 9.87. The van der Waals surface area contributed by atoms with E-state index in [-0.39, 0.29) is 16.8 Å². The standard InChI is InChI=1S/C19H21NO3S/c1-13-10-11-15(24(2,22)23)12-17(13)19(21)20-18-9-5-7-14-6-3-4-8-16(14)18/h3-4,6,8,10-12,18H,5,7,9H2,1-2H3,(H,20,21)/t18-/m0/s1. The van der Waals surface area contributed by atoms with Crippen LogP contribution >= 0.6 is 0 Å². The molecule has 3 rings (SSSR count). The van der Waals surface area contributed by atoms with Gasteiger partial charge < -0.3 is 5.32 Å². The van der Waals surface area contributed by atoms with E-state index in [1.807, 2.05) is 19.1 Å². The third-order valence-electron chi connectivity index (χ3n) is 4.56. The van der Waals surface area contributed by atoms with Crippen LogP contribution in [0.5, 0.6) is 0 Å². The first-order valence-electron chi connectivity index (χ1n) is 8.05. The highest BCUT2D eigenvalue weighted by atomic mass is 32.2. The second-order valence-electron chi connectivity index (χ2n) is 6.37. The zero-order valence-corrected chi connectivity index (χ0v) is 14.7. The van der Waals surface area contributed by atoms with Gasteiger partial charge in [-0.1, -0.05) is 30.3 Å². The molecule has 126 valence electrons. The van der Waals surface area contributed by atoms with Crippen LogP contribution in [-0.4, -0.2) is 20.6 Å². The number of benzene rings is 2. The van der Waals surface area contributed by atoms with Crippen molar-refractivity contribution in [2.45, 2.75) is 37.1 Å². The van der Waals surface area contributed by atoms with E-state index in [2.05, 4.69) is 17.4 Å². The van der Waals surface area contributed by atoms with Gasteiger partial charge in [0.1, 0.15) is 0 Å². The van der Waals surface area contributed by atoms with E-state index in [0.717, 1.165) is 36.6 Å². The molecule has 1 aliphatic carbocycles. The molecule has 0 spiro atoms. The molecule has 5 heteroatoms. The third-order valence-corrected chi connectivity index (χ3v) is 5.67. The number of carbonyl (C=O) groups excluding carboxylic acids is 1. The van der Waals surface area contributed by atoms with Crippen molar-refractivity contribution in [3.8, 4) is 0 Å². The SMILES string of the molecule is Cc1ccc(S(C)(=O)=O)cc1C(=O)N[C@H]1CCCc2ccccc21. The highest BCUT2D eigenvalue weighted by Gasteiger charge is 2.23. The second-order valence-corrected chi connectivity index (χ2v) is 8.38. The molecule has 0 heterocycles. The summed E-state index contributed by atoms with van der Waals surface area (Å²) in [5.41, 5.74) is 3.62. The fourth-order valence-electron chi connectivity index (χ4n) is 3.22. The van der Waals surface area contributed by atoms with Gasteiger partial charge in [0.25, 0.3) is 5.91 Å². The molecule has 24 heavy (non-hydrogen) atoms. The molecule has 0 radical (unpaired) electrons. The van der Waals surface area contributed by atoms with E-state index in [1.165, 1.54) is 17.7 Å². The Bertz CT molecular complexity index is 887. The molecule has 1 aliphatic rings. The van der Waals surface area contributed by atoms with Gasteiger partial charge in [-0.3, -0.25) is 4.79 Å². The van der Waals surface area contributed by atoms with Crippen LogP contribution in [0.15, 0.2) is 47.4 Å². The van der Waals surface area contributed by atoms with Gasteiger partial charge in [0.05, 0.1) is 10.9 Å². The van der Waals surface area contributed by atoms with Gasteiger partial charge in [-0.25, -0.2) is 8.42 Å².